The van der Waals surface area contributed by atoms with Crippen molar-refractivity contribution in [3.8, 4) is 0 Å². The van der Waals surface area contributed by atoms with Crippen molar-refractivity contribution in [2.45, 2.75) is 45.6 Å². The molecule has 0 spiro atoms. The van der Waals surface area contributed by atoms with Gasteiger partial charge in [-0.3, -0.25) is 4.79 Å². The molecule has 0 saturated heterocycles. The molecule has 0 aromatic heterocycles. The van der Waals surface area contributed by atoms with Gasteiger partial charge >= 0.3 is 0 Å². The lowest BCUT2D eigenvalue weighted by Gasteiger charge is -2.38. The second-order valence-corrected chi connectivity index (χ2v) is 5.77. The normalized spacial score (nSPS) is 23.1. The molecule has 1 aliphatic rings. The van der Waals surface area contributed by atoms with Gasteiger partial charge in [0.05, 0.1) is 0 Å². The van der Waals surface area contributed by atoms with E-state index in [9.17, 15) is 4.79 Å². The van der Waals surface area contributed by atoms with Crippen LogP contribution in [0.1, 0.15) is 49.9 Å². The van der Waals surface area contributed by atoms with Gasteiger partial charge in [-0.05, 0) is 43.9 Å². The molecular weight excluding hydrogens is 236 g/mol. The summed E-state index contributed by atoms with van der Waals surface area (Å²) in [4.78, 5) is 13.9. The number of hydrogen-bond donors (Lipinski definition) is 1. The molecule has 0 aliphatic heterocycles. The molecule has 19 heavy (non-hydrogen) atoms. The molecule has 2 rings (SSSR count). The molecule has 1 saturated carbocycles. The first-order valence-corrected chi connectivity index (χ1v) is 7.14. The first-order chi connectivity index (χ1) is 9.00. The van der Waals surface area contributed by atoms with Crippen LogP contribution in [-0.2, 0) is 0 Å². The summed E-state index contributed by atoms with van der Waals surface area (Å²) in [6.07, 6.45) is 5.17. The van der Waals surface area contributed by atoms with Crippen LogP contribution in [-0.4, -0.2) is 18.9 Å². The minimum atomic E-state index is 0.0319. The van der Waals surface area contributed by atoms with Crippen molar-refractivity contribution < 1.29 is 4.79 Å². The molecule has 0 bridgehead atoms. The van der Waals surface area contributed by atoms with Crippen LogP contribution < -0.4 is 10.6 Å². The minimum absolute atomic E-state index is 0.0319. The number of benzene rings is 1. The molecule has 0 amide bonds. The molecule has 1 fully saturated rings. The van der Waals surface area contributed by atoms with Crippen LogP contribution in [0.15, 0.2) is 18.2 Å². The van der Waals surface area contributed by atoms with Crippen LogP contribution in [0.2, 0.25) is 0 Å². The van der Waals surface area contributed by atoms with E-state index in [1.807, 2.05) is 18.2 Å². The van der Waals surface area contributed by atoms with E-state index >= 15 is 0 Å². The summed E-state index contributed by atoms with van der Waals surface area (Å²) < 4.78 is 0. The number of carbonyl (C=O) groups is 1. The molecule has 2 atom stereocenters. The SMILES string of the molecule is CC(=O)c1cc(N(C)C2CCCCC2C)ccc1N. The van der Waals surface area contributed by atoms with Crippen LogP contribution in [0.25, 0.3) is 0 Å². The van der Waals surface area contributed by atoms with Crippen molar-refractivity contribution in [2.75, 3.05) is 17.7 Å². The summed E-state index contributed by atoms with van der Waals surface area (Å²) in [5.41, 5.74) is 8.16. The summed E-state index contributed by atoms with van der Waals surface area (Å²) in [7, 11) is 2.13. The zero-order chi connectivity index (χ0) is 14.0. The highest BCUT2D eigenvalue weighted by molar-refractivity contribution is 6.00. The lowest BCUT2D eigenvalue weighted by Crippen LogP contribution is -2.39. The lowest BCUT2D eigenvalue weighted by molar-refractivity contribution is 0.101. The second kappa shape index (κ2) is 5.64. The van der Waals surface area contributed by atoms with Crippen molar-refractivity contribution in [2.24, 2.45) is 5.92 Å². The lowest BCUT2D eigenvalue weighted by atomic mass is 9.85. The summed E-state index contributed by atoms with van der Waals surface area (Å²) in [6, 6.07) is 6.36. The molecule has 2 N–H and O–H groups in total. The third-order valence-electron chi connectivity index (χ3n) is 4.39. The molecule has 1 aliphatic carbocycles. The van der Waals surface area contributed by atoms with Crippen LogP contribution in [0.3, 0.4) is 0 Å². The average Bonchev–Trinajstić information content (AvgIpc) is 2.38. The molecule has 1 aromatic rings. The number of Topliss-reactive ketones (excluding diaryl/α,β-unsaturated/α-hetero) is 1. The molecule has 0 heterocycles. The predicted molar refractivity (Wildman–Crippen MR) is 80.7 cm³/mol. The third-order valence-corrected chi connectivity index (χ3v) is 4.39. The van der Waals surface area contributed by atoms with E-state index in [0.717, 1.165) is 5.69 Å². The Bertz CT molecular complexity index is 470. The first kappa shape index (κ1) is 13.9. The molecule has 3 heteroatoms. The Morgan fingerprint density at radius 2 is 2.00 bits per heavy atom. The highest BCUT2D eigenvalue weighted by Gasteiger charge is 2.25. The molecule has 0 radical (unpaired) electrons. The minimum Gasteiger partial charge on any atom is -0.398 e. The summed E-state index contributed by atoms with van der Waals surface area (Å²) in [6.45, 7) is 3.89. The van der Waals surface area contributed by atoms with E-state index in [0.29, 0.717) is 23.2 Å². The van der Waals surface area contributed by atoms with Crippen LogP contribution in [0.5, 0.6) is 0 Å². The fraction of sp³-hybridized carbons (Fsp3) is 0.562. The zero-order valence-electron chi connectivity index (χ0n) is 12.1. The summed E-state index contributed by atoms with van der Waals surface area (Å²) in [5.74, 6) is 0.738. The zero-order valence-corrected chi connectivity index (χ0v) is 12.1. The van der Waals surface area contributed by atoms with Gasteiger partial charge in [0.15, 0.2) is 5.78 Å². The van der Waals surface area contributed by atoms with Gasteiger partial charge in [0.25, 0.3) is 0 Å². The Labute approximate surface area is 115 Å². The highest BCUT2D eigenvalue weighted by Crippen LogP contribution is 2.31. The maximum atomic E-state index is 11.6. The number of nitrogens with zero attached hydrogens (tertiary/aromatic N) is 1. The van der Waals surface area contributed by atoms with Crippen molar-refractivity contribution in [3.63, 3.8) is 0 Å². The molecule has 1 aromatic carbocycles. The van der Waals surface area contributed by atoms with Crippen LogP contribution in [0.4, 0.5) is 11.4 Å². The summed E-state index contributed by atoms with van der Waals surface area (Å²) >= 11 is 0. The van der Waals surface area contributed by atoms with Gasteiger partial charge in [-0.1, -0.05) is 19.8 Å². The Morgan fingerprint density at radius 3 is 2.63 bits per heavy atom. The van der Waals surface area contributed by atoms with Crippen molar-refractivity contribution in [3.05, 3.63) is 23.8 Å². The Balaban J connectivity index is 2.25. The highest BCUT2D eigenvalue weighted by atomic mass is 16.1. The van der Waals surface area contributed by atoms with E-state index < -0.39 is 0 Å². The number of rotatable bonds is 3. The molecule has 104 valence electrons. The molecular formula is C16H24N2O. The number of ketones is 1. The number of anilines is 2. The fourth-order valence-electron chi connectivity index (χ4n) is 3.13. The average molecular weight is 260 g/mol. The number of carbonyl (C=O) groups excluding carboxylic acids is 1. The Morgan fingerprint density at radius 1 is 1.32 bits per heavy atom. The fourth-order valence-corrected chi connectivity index (χ4v) is 3.13. The van der Waals surface area contributed by atoms with Crippen molar-refractivity contribution in [1.29, 1.82) is 0 Å². The van der Waals surface area contributed by atoms with E-state index in [-0.39, 0.29) is 5.78 Å². The van der Waals surface area contributed by atoms with Gasteiger partial charge in [0.1, 0.15) is 0 Å². The van der Waals surface area contributed by atoms with E-state index in [4.69, 9.17) is 5.73 Å². The van der Waals surface area contributed by atoms with E-state index in [1.165, 1.54) is 25.7 Å². The van der Waals surface area contributed by atoms with Gasteiger partial charge in [0, 0.05) is 30.0 Å². The van der Waals surface area contributed by atoms with Crippen LogP contribution in [0, 0.1) is 5.92 Å². The van der Waals surface area contributed by atoms with Gasteiger partial charge in [-0.15, -0.1) is 0 Å². The standard InChI is InChI=1S/C16H24N2O/c1-11-6-4-5-7-16(11)18(3)13-8-9-15(17)14(10-13)12(2)19/h8-11,16H,4-7,17H2,1-3H3. The van der Waals surface area contributed by atoms with Gasteiger partial charge in [-0.2, -0.15) is 0 Å². The number of nitrogens with two attached hydrogens (primary N) is 1. The maximum Gasteiger partial charge on any atom is 0.161 e. The number of hydrogen-bond acceptors (Lipinski definition) is 3. The second-order valence-electron chi connectivity index (χ2n) is 5.77. The largest absolute Gasteiger partial charge is 0.398 e. The van der Waals surface area contributed by atoms with Crippen molar-refractivity contribution >= 4 is 17.2 Å². The predicted octanol–water partition coefficient (Wildman–Crippen LogP) is 3.49. The molecule has 2 unspecified atom stereocenters. The topological polar surface area (TPSA) is 46.3 Å². The monoisotopic (exact) mass is 260 g/mol. The third kappa shape index (κ3) is 2.91. The van der Waals surface area contributed by atoms with Crippen LogP contribution >= 0.6 is 0 Å². The first-order valence-electron chi connectivity index (χ1n) is 7.14. The van der Waals surface area contributed by atoms with Gasteiger partial charge in [-0.25, -0.2) is 0 Å². The Hall–Kier alpha value is -1.51. The summed E-state index contributed by atoms with van der Waals surface area (Å²) in [5, 5.41) is 0. The van der Waals surface area contributed by atoms with Gasteiger partial charge in [0.2, 0.25) is 0 Å². The van der Waals surface area contributed by atoms with E-state index in [1.54, 1.807) is 6.92 Å². The van der Waals surface area contributed by atoms with Crippen molar-refractivity contribution in [1.82, 2.24) is 0 Å². The quantitative estimate of drug-likeness (QED) is 0.668. The van der Waals surface area contributed by atoms with Gasteiger partial charge < -0.3 is 10.6 Å². The number of nitrogen functional groups attached to an aromatic ring is 1. The Kier molecular flexibility index (Phi) is 4.13. The molecule has 3 nitrogen and oxygen atoms in total. The van der Waals surface area contributed by atoms with E-state index in [2.05, 4.69) is 18.9 Å². The smallest absolute Gasteiger partial charge is 0.161 e. The maximum absolute atomic E-state index is 11.6.